The van der Waals surface area contributed by atoms with Gasteiger partial charge < -0.3 is 0 Å². The Morgan fingerprint density at radius 2 is 1.92 bits per heavy atom. The largest absolute Gasteiger partial charge is 0.283 e. The van der Waals surface area contributed by atoms with Crippen LogP contribution in [0.2, 0.25) is 0 Å². The number of amidine groups is 2. The Bertz CT molecular complexity index is 976. The minimum atomic E-state index is -0.409. The number of carbonyl (C=O) groups excluding carboxylic acids is 1. The number of thioether (sulfide) groups is 1. The zero-order valence-corrected chi connectivity index (χ0v) is 14.2. The van der Waals surface area contributed by atoms with E-state index in [0.717, 1.165) is 21.7 Å². The Morgan fingerprint density at radius 3 is 2.68 bits per heavy atom. The lowest BCUT2D eigenvalue weighted by molar-refractivity contribution is -0.114. The number of aryl methyl sites for hydroxylation is 1. The standard InChI is InChI=1S/C19H14N4OS/c1-12-6-5-9-14(10-12)18-22-23-16(20)15(17(24)21-19(23)25-18)11-13-7-3-2-4-8-13/h2-11,20H,1H3. The van der Waals surface area contributed by atoms with Crippen LogP contribution < -0.4 is 0 Å². The summed E-state index contributed by atoms with van der Waals surface area (Å²) < 4.78 is 0. The van der Waals surface area contributed by atoms with Crippen molar-refractivity contribution in [1.82, 2.24) is 5.01 Å². The summed E-state index contributed by atoms with van der Waals surface area (Å²) >= 11 is 1.31. The summed E-state index contributed by atoms with van der Waals surface area (Å²) in [4.78, 5) is 16.5. The van der Waals surface area contributed by atoms with Crippen molar-refractivity contribution in [3.8, 4) is 0 Å². The van der Waals surface area contributed by atoms with E-state index in [1.807, 2.05) is 61.5 Å². The molecule has 6 heteroatoms. The molecule has 0 bridgehead atoms. The molecule has 4 rings (SSSR count). The number of hydrogen-bond donors (Lipinski definition) is 1. The number of hydrogen-bond acceptors (Lipinski definition) is 4. The van der Waals surface area contributed by atoms with Gasteiger partial charge in [-0.2, -0.15) is 15.1 Å². The summed E-state index contributed by atoms with van der Waals surface area (Å²) in [6.45, 7) is 2.01. The molecule has 0 atom stereocenters. The first-order chi connectivity index (χ1) is 12.1. The van der Waals surface area contributed by atoms with Gasteiger partial charge in [0.2, 0.25) is 5.17 Å². The van der Waals surface area contributed by atoms with Crippen molar-refractivity contribution in [1.29, 1.82) is 5.41 Å². The third-order valence-corrected chi connectivity index (χ3v) is 4.79. The van der Waals surface area contributed by atoms with E-state index in [-0.39, 0.29) is 11.4 Å². The van der Waals surface area contributed by atoms with Crippen LogP contribution in [0.4, 0.5) is 0 Å². The maximum Gasteiger partial charge on any atom is 0.283 e. The molecule has 0 unspecified atom stereocenters. The van der Waals surface area contributed by atoms with Gasteiger partial charge in [0.15, 0.2) is 5.84 Å². The molecular formula is C19H14N4OS. The van der Waals surface area contributed by atoms with Crippen LogP contribution in [0, 0.1) is 12.3 Å². The number of hydrazone groups is 1. The smallest absolute Gasteiger partial charge is 0.282 e. The Morgan fingerprint density at radius 1 is 1.12 bits per heavy atom. The van der Waals surface area contributed by atoms with E-state index in [2.05, 4.69) is 10.1 Å². The number of fused-ring (bicyclic) bond motifs is 1. The van der Waals surface area contributed by atoms with Crippen molar-refractivity contribution < 1.29 is 4.79 Å². The van der Waals surface area contributed by atoms with Crippen molar-refractivity contribution in [3.05, 3.63) is 76.9 Å². The number of amides is 1. The fourth-order valence-corrected chi connectivity index (χ4v) is 3.49. The summed E-state index contributed by atoms with van der Waals surface area (Å²) in [5, 5.41) is 15.5. The molecule has 1 amide bonds. The first kappa shape index (κ1) is 15.5. The van der Waals surface area contributed by atoms with Crippen LogP contribution in [-0.4, -0.2) is 27.0 Å². The van der Waals surface area contributed by atoms with Crippen LogP contribution in [0.3, 0.4) is 0 Å². The Hall–Kier alpha value is -2.99. The first-order valence-electron chi connectivity index (χ1n) is 7.74. The third-order valence-electron chi connectivity index (χ3n) is 3.83. The quantitative estimate of drug-likeness (QED) is 0.844. The van der Waals surface area contributed by atoms with Crippen LogP contribution in [-0.2, 0) is 4.79 Å². The first-order valence-corrected chi connectivity index (χ1v) is 8.56. The van der Waals surface area contributed by atoms with Crippen molar-refractivity contribution in [2.75, 3.05) is 0 Å². The predicted octanol–water partition coefficient (Wildman–Crippen LogP) is 3.66. The zero-order chi connectivity index (χ0) is 17.4. The summed E-state index contributed by atoms with van der Waals surface area (Å²) in [6.07, 6.45) is 1.68. The highest BCUT2D eigenvalue weighted by Crippen LogP contribution is 2.31. The lowest BCUT2D eigenvalue weighted by Crippen LogP contribution is -2.35. The maximum absolute atomic E-state index is 12.4. The van der Waals surface area contributed by atoms with Gasteiger partial charge in [0.25, 0.3) is 5.91 Å². The van der Waals surface area contributed by atoms with Gasteiger partial charge in [0.1, 0.15) is 5.04 Å². The number of nitrogens with one attached hydrogen (secondary N) is 1. The highest BCUT2D eigenvalue weighted by atomic mass is 32.2. The summed E-state index contributed by atoms with van der Waals surface area (Å²) in [7, 11) is 0. The van der Waals surface area contributed by atoms with E-state index in [9.17, 15) is 4.79 Å². The molecule has 0 saturated heterocycles. The normalized spacial score (nSPS) is 18.3. The van der Waals surface area contributed by atoms with Crippen LogP contribution in [0.25, 0.3) is 6.08 Å². The molecule has 2 aliphatic rings. The highest BCUT2D eigenvalue weighted by molar-refractivity contribution is 8.27. The van der Waals surface area contributed by atoms with Gasteiger partial charge in [-0.05, 0) is 36.4 Å². The van der Waals surface area contributed by atoms with E-state index in [4.69, 9.17) is 5.41 Å². The van der Waals surface area contributed by atoms with E-state index in [0.29, 0.717) is 5.17 Å². The highest BCUT2D eigenvalue weighted by Gasteiger charge is 2.35. The Kier molecular flexibility index (Phi) is 3.82. The molecule has 5 nitrogen and oxygen atoms in total. The van der Waals surface area contributed by atoms with Crippen molar-refractivity contribution in [2.45, 2.75) is 6.92 Å². The maximum atomic E-state index is 12.4. The van der Waals surface area contributed by atoms with Crippen molar-refractivity contribution >= 4 is 39.8 Å². The molecule has 0 spiro atoms. The van der Waals surface area contributed by atoms with Gasteiger partial charge in [-0.25, -0.2) is 0 Å². The molecule has 2 aliphatic heterocycles. The lowest BCUT2D eigenvalue weighted by atomic mass is 10.1. The molecule has 0 saturated carbocycles. The third kappa shape index (κ3) is 2.92. The van der Waals surface area contributed by atoms with Crippen LogP contribution >= 0.6 is 11.8 Å². The summed E-state index contributed by atoms with van der Waals surface area (Å²) in [6, 6.07) is 17.4. The molecular weight excluding hydrogens is 332 g/mol. The minimum Gasteiger partial charge on any atom is -0.282 e. The number of nitrogens with zero attached hydrogens (tertiary/aromatic N) is 3. The second-order valence-corrected chi connectivity index (χ2v) is 6.66. The van der Waals surface area contributed by atoms with Gasteiger partial charge in [-0.15, -0.1) is 0 Å². The Balaban J connectivity index is 1.70. The Labute approximate surface area is 149 Å². The monoisotopic (exact) mass is 346 g/mol. The predicted molar refractivity (Wildman–Crippen MR) is 102 cm³/mol. The summed E-state index contributed by atoms with van der Waals surface area (Å²) in [5.41, 5.74) is 3.17. The number of carbonyl (C=O) groups is 1. The van der Waals surface area contributed by atoms with Gasteiger partial charge in [0.05, 0.1) is 5.57 Å². The molecule has 0 aliphatic carbocycles. The zero-order valence-electron chi connectivity index (χ0n) is 13.4. The fraction of sp³-hybridized carbons (Fsp3) is 0.0526. The second-order valence-electron chi connectivity index (χ2n) is 5.71. The van der Waals surface area contributed by atoms with Gasteiger partial charge in [-0.3, -0.25) is 10.2 Å². The van der Waals surface area contributed by atoms with Gasteiger partial charge >= 0.3 is 0 Å². The van der Waals surface area contributed by atoms with E-state index in [1.54, 1.807) is 6.08 Å². The molecule has 2 aromatic rings. The molecule has 1 N–H and O–H groups in total. The van der Waals surface area contributed by atoms with Crippen LogP contribution in [0.1, 0.15) is 16.7 Å². The molecule has 0 aromatic heterocycles. The van der Waals surface area contributed by atoms with Gasteiger partial charge in [-0.1, -0.05) is 54.1 Å². The lowest BCUT2D eigenvalue weighted by Gasteiger charge is -2.20. The van der Waals surface area contributed by atoms with Crippen molar-refractivity contribution in [2.24, 2.45) is 10.1 Å². The van der Waals surface area contributed by atoms with Gasteiger partial charge in [0, 0.05) is 5.56 Å². The topological polar surface area (TPSA) is 68.9 Å². The molecule has 0 radical (unpaired) electrons. The van der Waals surface area contributed by atoms with Crippen molar-refractivity contribution in [3.63, 3.8) is 0 Å². The molecule has 25 heavy (non-hydrogen) atoms. The number of aliphatic imine (C=N–C) groups is 1. The van der Waals surface area contributed by atoms with E-state index < -0.39 is 5.91 Å². The minimum absolute atomic E-state index is 0.0500. The SMILES string of the molecule is Cc1cccc(C2=NN3C(=N)C(=Cc4ccccc4)C(=O)N=C3S2)c1. The summed E-state index contributed by atoms with van der Waals surface area (Å²) in [5.74, 6) is -0.359. The molecule has 2 aromatic carbocycles. The average molecular weight is 346 g/mol. The fourth-order valence-electron chi connectivity index (χ4n) is 2.60. The second kappa shape index (κ2) is 6.14. The van der Waals surface area contributed by atoms with Crippen LogP contribution in [0.15, 0.2) is 70.3 Å². The molecule has 2 heterocycles. The van der Waals surface area contributed by atoms with Crippen LogP contribution in [0.5, 0.6) is 0 Å². The number of benzene rings is 2. The van der Waals surface area contributed by atoms with E-state index >= 15 is 0 Å². The molecule has 122 valence electrons. The average Bonchev–Trinajstić information content (AvgIpc) is 3.04. The number of rotatable bonds is 2. The van der Waals surface area contributed by atoms with E-state index in [1.165, 1.54) is 16.8 Å². The molecule has 0 fully saturated rings.